The molecule has 2 aromatic rings. The lowest BCUT2D eigenvalue weighted by Crippen LogP contribution is -2.20. The summed E-state index contributed by atoms with van der Waals surface area (Å²) >= 11 is 0. The average molecular weight is 282 g/mol. The van der Waals surface area contributed by atoms with Gasteiger partial charge in [-0.1, -0.05) is 39.0 Å². The minimum Gasteiger partial charge on any atom is -0.392 e. The maximum atomic E-state index is 9.54. The Morgan fingerprint density at radius 3 is 2.67 bits per heavy atom. The minimum absolute atomic E-state index is 0.0286. The van der Waals surface area contributed by atoms with Crippen LogP contribution in [0.15, 0.2) is 36.4 Å². The molecule has 0 saturated carbocycles. The van der Waals surface area contributed by atoms with E-state index in [0.717, 1.165) is 30.0 Å². The molecule has 1 aromatic heterocycles. The van der Waals surface area contributed by atoms with E-state index in [1.165, 1.54) is 11.3 Å². The molecular weight excluding hydrogens is 260 g/mol. The van der Waals surface area contributed by atoms with E-state index in [4.69, 9.17) is 4.98 Å². The molecule has 1 N–H and O–H groups in total. The molecule has 0 bridgehead atoms. The lowest BCUT2D eigenvalue weighted by molar-refractivity contribution is 0.281. The summed E-state index contributed by atoms with van der Waals surface area (Å²) < 4.78 is 0. The number of hydrogen-bond donors (Lipinski definition) is 1. The van der Waals surface area contributed by atoms with Crippen molar-refractivity contribution in [1.29, 1.82) is 0 Å². The van der Waals surface area contributed by atoms with E-state index in [1.54, 1.807) is 0 Å². The molecule has 1 aliphatic rings. The Morgan fingerprint density at radius 2 is 1.95 bits per heavy atom. The van der Waals surface area contributed by atoms with Crippen molar-refractivity contribution < 1.29 is 5.11 Å². The number of aliphatic hydroxyl groups excluding tert-OH is 1. The van der Waals surface area contributed by atoms with Crippen molar-refractivity contribution in [1.82, 2.24) is 4.98 Å². The molecule has 21 heavy (non-hydrogen) atoms. The number of para-hydroxylation sites is 1. The van der Waals surface area contributed by atoms with E-state index in [0.29, 0.717) is 0 Å². The van der Waals surface area contributed by atoms with Crippen LogP contribution in [0.1, 0.15) is 37.6 Å². The highest BCUT2D eigenvalue weighted by molar-refractivity contribution is 5.68. The van der Waals surface area contributed by atoms with Crippen molar-refractivity contribution in [2.45, 2.75) is 39.2 Å². The summed E-state index contributed by atoms with van der Waals surface area (Å²) in [6, 6.07) is 12.5. The molecule has 2 heterocycles. The third-order valence-electron chi connectivity index (χ3n) is 3.99. The highest BCUT2D eigenvalue weighted by Crippen LogP contribution is 2.35. The Morgan fingerprint density at radius 1 is 1.19 bits per heavy atom. The second kappa shape index (κ2) is 5.15. The molecule has 0 radical (unpaired) electrons. The number of aliphatic hydroxyl groups is 1. The third kappa shape index (κ3) is 2.66. The van der Waals surface area contributed by atoms with Crippen LogP contribution in [0.3, 0.4) is 0 Å². The van der Waals surface area contributed by atoms with Crippen molar-refractivity contribution >= 4 is 11.5 Å². The molecule has 0 saturated heterocycles. The van der Waals surface area contributed by atoms with Crippen LogP contribution in [0.4, 0.5) is 11.5 Å². The zero-order valence-electron chi connectivity index (χ0n) is 12.9. The van der Waals surface area contributed by atoms with E-state index in [1.807, 2.05) is 12.1 Å². The molecule has 1 aliphatic heterocycles. The maximum absolute atomic E-state index is 9.54. The van der Waals surface area contributed by atoms with Crippen LogP contribution >= 0.6 is 0 Å². The maximum Gasteiger partial charge on any atom is 0.133 e. The van der Waals surface area contributed by atoms with Crippen LogP contribution in [0.25, 0.3) is 0 Å². The van der Waals surface area contributed by atoms with E-state index in [2.05, 4.69) is 49.9 Å². The summed E-state index contributed by atoms with van der Waals surface area (Å²) in [5.41, 5.74) is 4.52. The summed E-state index contributed by atoms with van der Waals surface area (Å²) in [6.07, 6.45) is 1.05. The number of anilines is 2. The van der Waals surface area contributed by atoms with Crippen molar-refractivity contribution in [2.24, 2.45) is 0 Å². The van der Waals surface area contributed by atoms with Gasteiger partial charge in [0.1, 0.15) is 5.82 Å². The van der Waals surface area contributed by atoms with Gasteiger partial charge in [0.05, 0.1) is 6.61 Å². The molecule has 0 fully saturated rings. The number of pyridine rings is 1. The number of hydrogen-bond acceptors (Lipinski definition) is 3. The van der Waals surface area contributed by atoms with Gasteiger partial charge in [0.15, 0.2) is 0 Å². The Labute approximate surface area is 126 Å². The largest absolute Gasteiger partial charge is 0.392 e. The van der Waals surface area contributed by atoms with Crippen molar-refractivity contribution in [2.75, 3.05) is 11.4 Å². The fourth-order valence-corrected chi connectivity index (χ4v) is 2.76. The highest BCUT2D eigenvalue weighted by atomic mass is 16.3. The van der Waals surface area contributed by atoms with Crippen LogP contribution in [0.5, 0.6) is 0 Å². The minimum atomic E-state index is -0.0286. The zero-order chi connectivity index (χ0) is 15.0. The molecule has 1 aromatic carbocycles. The molecule has 0 unspecified atom stereocenters. The quantitative estimate of drug-likeness (QED) is 0.915. The smallest absolute Gasteiger partial charge is 0.133 e. The molecule has 0 amide bonds. The van der Waals surface area contributed by atoms with Crippen molar-refractivity contribution in [3.8, 4) is 0 Å². The summed E-state index contributed by atoms with van der Waals surface area (Å²) in [4.78, 5) is 7.10. The highest BCUT2D eigenvalue weighted by Gasteiger charge is 2.23. The van der Waals surface area contributed by atoms with Gasteiger partial charge in [-0.3, -0.25) is 0 Å². The Balaban J connectivity index is 2.07. The van der Waals surface area contributed by atoms with E-state index in [-0.39, 0.29) is 12.0 Å². The van der Waals surface area contributed by atoms with Crippen molar-refractivity contribution in [3.63, 3.8) is 0 Å². The molecule has 0 aliphatic carbocycles. The van der Waals surface area contributed by atoms with Crippen LogP contribution in [-0.4, -0.2) is 16.6 Å². The van der Waals surface area contributed by atoms with E-state index in [9.17, 15) is 5.11 Å². The zero-order valence-corrected chi connectivity index (χ0v) is 12.9. The standard InChI is InChI=1S/C18H22N2O/c1-18(2,3)16-10-13(12-21)11-17(19-16)20-9-8-14-6-4-5-7-15(14)20/h4-7,10-11,21H,8-9,12H2,1-3H3. The fourth-order valence-electron chi connectivity index (χ4n) is 2.76. The number of aromatic nitrogens is 1. The first-order valence-electron chi connectivity index (χ1n) is 7.47. The van der Waals surface area contributed by atoms with Gasteiger partial charge in [0.25, 0.3) is 0 Å². The molecule has 0 spiro atoms. The lowest BCUT2D eigenvalue weighted by atomic mass is 9.91. The number of benzene rings is 1. The lowest BCUT2D eigenvalue weighted by Gasteiger charge is -2.24. The number of nitrogens with zero attached hydrogens (tertiary/aromatic N) is 2. The van der Waals surface area contributed by atoms with Gasteiger partial charge >= 0.3 is 0 Å². The Hall–Kier alpha value is -1.87. The number of fused-ring (bicyclic) bond motifs is 1. The predicted molar refractivity (Wildman–Crippen MR) is 86.0 cm³/mol. The van der Waals surface area contributed by atoms with Gasteiger partial charge in [-0.2, -0.15) is 0 Å². The molecule has 0 atom stereocenters. The van der Waals surface area contributed by atoms with E-state index >= 15 is 0 Å². The molecular formula is C18H22N2O. The first kappa shape index (κ1) is 14.1. The third-order valence-corrected chi connectivity index (χ3v) is 3.99. The van der Waals surface area contributed by atoms with Crippen LogP contribution in [0, 0.1) is 0 Å². The average Bonchev–Trinajstić information content (AvgIpc) is 2.89. The fraction of sp³-hybridized carbons (Fsp3) is 0.389. The van der Waals surface area contributed by atoms with Gasteiger partial charge < -0.3 is 10.0 Å². The molecule has 3 rings (SSSR count). The topological polar surface area (TPSA) is 36.4 Å². The second-order valence-corrected chi connectivity index (χ2v) is 6.66. The summed E-state index contributed by atoms with van der Waals surface area (Å²) in [5.74, 6) is 0.941. The van der Waals surface area contributed by atoms with Crippen LogP contribution in [0.2, 0.25) is 0 Å². The monoisotopic (exact) mass is 282 g/mol. The van der Waals surface area contributed by atoms with Gasteiger partial charge in [-0.05, 0) is 35.7 Å². The predicted octanol–water partition coefficient (Wildman–Crippen LogP) is 3.57. The van der Waals surface area contributed by atoms with Crippen LogP contribution < -0.4 is 4.90 Å². The normalized spacial score (nSPS) is 14.4. The first-order valence-corrected chi connectivity index (χ1v) is 7.47. The molecule has 3 heteroatoms. The van der Waals surface area contributed by atoms with Crippen molar-refractivity contribution in [3.05, 3.63) is 53.2 Å². The molecule has 110 valence electrons. The van der Waals surface area contributed by atoms with Gasteiger partial charge in [-0.15, -0.1) is 0 Å². The van der Waals surface area contributed by atoms with Gasteiger partial charge in [0.2, 0.25) is 0 Å². The summed E-state index contributed by atoms with van der Waals surface area (Å²) in [7, 11) is 0. The Bertz CT molecular complexity index is 659. The Kier molecular flexibility index (Phi) is 3.46. The number of rotatable bonds is 2. The van der Waals surface area contributed by atoms with E-state index < -0.39 is 0 Å². The summed E-state index contributed by atoms with van der Waals surface area (Å²) in [5, 5.41) is 9.54. The SMILES string of the molecule is CC(C)(C)c1cc(CO)cc(N2CCc3ccccc32)n1. The van der Waals surface area contributed by atoms with Crippen LogP contribution in [-0.2, 0) is 18.4 Å². The molecule has 3 nitrogen and oxygen atoms in total. The summed E-state index contributed by atoms with van der Waals surface area (Å²) in [6.45, 7) is 7.45. The first-order chi connectivity index (χ1) is 9.99. The van der Waals surface area contributed by atoms with Gasteiger partial charge in [0, 0.05) is 23.3 Å². The van der Waals surface area contributed by atoms with Gasteiger partial charge in [-0.25, -0.2) is 4.98 Å². The second-order valence-electron chi connectivity index (χ2n) is 6.66.